The Labute approximate surface area is 237 Å². The van der Waals surface area contributed by atoms with E-state index in [9.17, 15) is 9.59 Å². The van der Waals surface area contributed by atoms with E-state index in [0.717, 1.165) is 36.6 Å². The first kappa shape index (κ1) is 33.6. The first-order chi connectivity index (χ1) is 18.8. The van der Waals surface area contributed by atoms with Gasteiger partial charge in [-0.25, -0.2) is 0 Å². The molecular formula is C35H50N2O2. The fourth-order valence-electron chi connectivity index (χ4n) is 4.19. The molecule has 4 nitrogen and oxygen atoms in total. The van der Waals surface area contributed by atoms with Crippen LogP contribution in [0.15, 0.2) is 85.5 Å². The SMILES string of the molecule is C=C/C=C(\C=C)CCC(C)=O.CC.CCC(=O)N(CCc1ccc(NC)cc1)C(C)c1ccc(C2CC2)cc1. The van der Waals surface area contributed by atoms with E-state index in [1.54, 1.807) is 19.1 Å². The fraction of sp³-hybridized carbons (Fsp3) is 0.429. The highest BCUT2D eigenvalue weighted by atomic mass is 16.2. The Hall–Kier alpha value is -3.40. The van der Waals surface area contributed by atoms with Gasteiger partial charge in [-0.1, -0.05) is 88.6 Å². The number of anilines is 1. The van der Waals surface area contributed by atoms with Gasteiger partial charge in [-0.15, -0.1) is 0 Å². The molecule has 2 aromatic rings. The second-order valence-electron chi connectivity index (χ2n) is 9.64. The van der Waals surface area contributed by atoms with Crippen LogP contribution in [-0.2, 0) is 16.0 Å². The number of carbonyl (C=O) groups is 2. The van der Waals surface area contributed by atoms with E-state index in [4.69, 9.17) is 0 Å². The summed E-state index contributed by atoms with van der Waals surface area (Å²) in [6.45, 7) is 17.6. The van der Waals surface area contributed by atoms with Crippen LogP contribution < -0.4 is 5.32 Å². The van der Waals surface area contributed by atoms with Gasteiger partial charge in [0.05, 0.1) is 6.04 Å². The lowest BCUT2D eigenvalue weighted by Crippen LogP contribution is -2.34. The van der Waals surface area contributed by atoms with Gasteiger partial charge in [0.15, 0.2) is 0 Å². The Morgan fingerprint density at radius 2 is 1.64 bits per heavy atom. The lowest BCUT2D eigenvalue weighted by atomic mass is 10.0. The Balaban J connectivity index is 0.000000495. The van der Waals surface area contributed by atoms with Crippen LogP contribution in [0.1, 0.15) is 95.4 Å². The van der Waals surface area contributed by atoms with Gasteiger partial charge in [0.2, 0.25) is 5.91 Å². The topological polar surface area (TPSA) is 49.4 Å². The number of hydrogen-bond acceptors (Lipinski definition) is 3. The minimum absolute atomic E-state index is 0.104. The van der Waals surface area contributed by atoms with Crippen molar-refractivity contribution in [2.24, 2.45) is 0 Å². The highest BCUT2D eigenvalue weighted by molar-refractivity contribution is 5.76. The Morgan fingerprint density at radius 1 is 1.03 bits per heavy atom. The Morgan fingerprint density at radius 3 is 2.10 bits per heavy atom. The number of amides is 1. The number of nitrogens with one attached hydrogen (secondary N) is 1. The maximum Gasteiger partial charge on any atom is 0.222 e. The van der Waals surface area contributed by atoms with Gasteiger partial charge in [0.1, 0.15) is 5.78 Å². The number of Topliss-reactive ketones (excluding diaryl/α,β-unsaturated/α-hetero) is 1. The fourth-order valence-corrected chi connectivity index (χ4v) is 4.19. The molecule has 4 heteroatoms. The average Bonchev–Trinajstić information content (AvgIpc) is 3.82. The van der Waals surface area contributed by atoms with E-state index in [-0.39, 0.29) is 17.7 Å². The summed E-state index contributed by atoms with van der Waals surface area (Å²) in [5.74, 6) is 1.20. The van der Waals surface area contributed by atoms with E-state index in [1.807, 2.05) is 38.8 Å². The minimum atomic E-state index is 0.104. The number of ketones is 1. The molecule has 212 valence electrons. The van der Waals surface area contributed by atoms with Crippen LogP contribution in [-0.4, -0.2) is 30.2 Å². The average molecular weight is 531 g/mol. The highest BCUT2D eigenvalue weighted by Gasteiger charge is 2.24. The van der Waals surface area contributed by atoms with E-state index in [0.29, 0.717) is 12.8 Å². The molecule has 0 radical (unpaired) electrons. The summed E-state index contributed by atoms with van der Waals surface area (Å²) in [4.78, 5) is 25.2. The quantitative estimate of drug-likeness (QED) is 0.263. The van der Waals surface area contributed by atoms with Gasteiger partial charge < -0.3 is 15.0 Å². The van der Waals surface area contributed by atoms with Gasteiger partial charge in [-0.3, -0.25) is 4.79 Å². The van der Waals surface area contributed by atoms with Crippen molar-refractivity contribution in [2.75, 3.05) is 18.9 Å². The zero-order valence-electron chi connectivity index (χ0n) is 25.1. The van der Waals surface area contributed by atoms with Crippen molar-refractivity contribution in [3.63, 3.8) is 0 Å². The number of allylic oxidation sites excluding steroid dienone is 4. The summed E-state index contributed by atoms with van der Waals surface area (Å²) < 4.78 is 0. The zero-order valence-corrected chi connectivity index (χ0v) is 25.1. The summed E-state index contributed by atoms with van der Waals surface area (Å²) in [6, 6.07) is 17.4. The van der Waals surface area contributed by atoms with E-state index >= 15 is 0 Å². The van der Waals surface area contributed by atoms with Crippen LogP contribution in [0.4, 0.5) is 5.69 Å². The molecule has 0 heterocycles. The number of benzene rings is 2. The predicted octanol–water partition coefficient (Wildman–Crippen LogP) is 8.83. The van der Waals surface area contributed by atoms with Crippen molar-refractivity contribution in [3.05, 3.63) is 102 Å². The second kappa shape index (κ2) is 18.8. The van der Waals surface area contributed by atoms with Crippen LogP contribution in [0.2, 0.25) is 0 Å². The van der Waals surface area contributed by atoms with Crippen LogP contribution in [0, 0.1) is 0 Å². The normalized spacial score (nSPS) is 13.0. The third-order valence-electron chi connectivity index (χ3n) is 6.80. The summed E-state index contributed by atoms with van der Waals surface area (Å²) in [5.41, 5.74) is 6.10. The molecule has 2 aromatic carbocycles. The van der Waals surface area contributed by atoms with Crippen molar-refractivity contribution in [3.8, 4) is 0 Å². The molecule has 0 spiro atoms. The van der Waals surface area contributed by atoms with Crippen molar-refractivity contribution in [1.82, 2.24) is 4.90 Å². The lowest BCUT2D eigenvalue weighted by Gasteiger charge is -2.30. The number of nitrogens with zero attached hydrogens (tertiary/aromatic N) is 1. The van der Waals surface area contributed by atoms with Crippen molar-refractivity contribution < 1.29 is 9.59 Å². The van der Waals surface area contributed by atoms with Crippen molar-refractivity contribution in [1.29, 1.82) is 0 Å². The molecule has 1 unspecified atom stereocenters. The molecule has 0 bridgehead atoms. The molecule has 39 heavy (non-hydrogen) atoms. The van der Waals surface area contributed by atoms with Crippen LogP contribution >= 0.6 is 0 Å². The van der Waals surface area contributed by atoms with E-state index < -0.39 is 0 Å². The van der Waals surface area contributed by atoms with Crippen molar-refractivity contribution in [2.45, 2.75) is 85.1 Å². The first-order valence-corrected chi connectivity index (χ1v) is 14.4. The van der Waals surface area contributed by atoms with Gasteiger partial charge >= 0.3 is 0 Å². The number of rotatable bonds is 13. The predicted molar refractivity (Wildman–Crippen MR) is 168 cm³/mol. The molecule has 1 fully saturated rings. The maximum atomic E-state index is 12.5. The molecule has 0 aliphatic heterocycles. The van der Waals surface area contributed by atoms with Crippen LogP contribution in [0.25, 0.3) is 0 Å². The van der Waals surface area contributed by atoms with E-state index in [2.05, 4.69) is 73.9 Å². The third-order valence-corrected chi connectivity index (χ3v) is 6.80. The molecule has 1 amide bonds. The van der Waals surface area contributed by atoms with Gasteiger partial charge in [-0.2, -0.15) is 0 Å². The Bertz CT molecular complexity index is 1050. The summed E-state index contributed by atoms with van der Waals surface area (Å²) >= 11 is 0. The summed E-state index contributed by atoms with van der Waals surface area (Å²) in [5, 5.41) is 3.14. The molecule has 1 atom stereocenters. The Kier molecular flexibility index (Phi) is 16.2. The van der Waals surface area contributed by atoms with Crippen LogP contribution in [0.5, 0.6) is 0 Å². The molecule has 1 N–H and O–H groups in total. The number of carbonyl (C=O) groups excluding carboxylic acids is 2. The van der Waals surface area contributed by atoms with E-state index in [1.165, 1.54) is 29.5 Å². The molecule has 0 aromatic heterocycles. The largest absolute Gasteiger partial charge is 0.388 e. The first-order valence-electron chi connectivity index (χ1n) is 14.4. The summed E-state index contributed by atoms with van der Waals surface area (Å²) in [6.07, 6.45) is 10.8. The second-order valence-corrected chi connectivity index (χ2v) is 9.64. The van der Waals surface area contributed by atoms with Gasteiger partial charge in [0.25, 0.3) is 0 Å². The van der Waals surface area contributed by atoms with Gasteiger partial charge in [0, 0.05) is 32.1 Å². The molecular weight excluding hydrogens is 480 g/mol. The van der Waals surface area contributed by atoms with Gasteiger partial charge in [-0.05, 0) is 79.8 Å². The minimum Gasteiger partial charge on any atom is -0.388 e. The monoisotopic (exact) mass is 530 g/mol. The molecule has 1 saturated carbocycles. The lowest BCUT2D eigenvalue weighted by molar-refractivity contribution is -0.133. The zero-order chi connectivity index (χ0) is 29.2. The molecule has 1 aliphatic rings. The van der Waals surface area contributed by atoms with Crippen LogP contribution in [0.3, 0.4) is 0 Å². The smallest absolute Gasteiger partial charge is 0.222 e. The molecule has 0 saturated heterocycles. The maximum absolute atomic E-state index is 12.5. The third kappa shape index (κ3) is 12.3. The summed E-state index contributed by atoms with van der Waals surface area (Å²) in [7, 11) is 1.92. The highest BCUT2D eigenvalue weighted by Crippen LogP contribution is 2.40. The molecule has 3 rings (SSSR count). The van der Waals surface area contributed by atoms with Crippen molar-refractivity contribution >= 4 is 17.4 Å². The number of hydrogen-bond donors (Lipinski definition) is 1. The standard InChI is InChI=1S/C23H30N2O.C10H14O.C2H6/c1-4-23(26)25(16-15-18-5-13-22(24-3)14-6-18)17(2)19-7-9-20(10-8-19)21-11-12-21;1-4-6-10(5-2)8-7-9(3)11;1-2/h5-10,13-14,17,21,24H,4,11-12,15-16H2,1-3H3;4-6H,1-2,7-8H2,3H3;1-2H3/b;10-6+;. The molecule has 1 aliphatic carbocycles.